The maximum atomic E-state index is 13.0. The highest BCUT2D eigenvalue weighted by atomic mass is 32.1. The van der Waals surface area contributed by atoms with Gasteiger partial charge < -0.3 is 10.1 Å². The van der Waals surface area contributed by atoms with Crippen LogP contribution in [0.15, 0.2) is 17.5 Å². The third-order valence-electron chi connectivity index (χ3n) is 3.25. The lowest BCUT2D eigenvalue weighted by molar-refractivity contribution is -0.229. The number of esters is 1. The average molecular weight is 293 g/mol. The van der Waals surface area contributed by atoms with Crippen molar-refractivity contribution in [3.05, 3.63) is 22.4 Å². The minimum Gasteiger partial charge on any atom is -0.465 e. The quantitative estimate of drug-likeness (QED) is 0.866. The maximum absolute atomic E-state index is 13.0. The van der Waals surface area contributed by atoms with Crippen LogP contribution in [-0.2, 0) is 16.0 Å². The molecule has 3 nitrogen and oxygen atoms in total. The molecule has 106 valence electrons. The molecule has 1 aliphatic heterocycles. The van der Waals surface area contributed by atoms with Gasteiger partial charge in [-0.3, -0.25) is 4.79 Å². The molecule has 1 unspecified atom stereocenters. The molecule has 1 aromatic rings. The van der Waals surface area contributed by atoms with E-state index < -0.39 is 24.1 Å². The van der Waals surface area contributed by atoms with E-state index in [2.05, 4.69) is 5.32 Å². The molecular formula is C12H14F3NO2S. The molecule has 1 aromatic heterocycles. The summed E-state index contributed by atoms with van der Waals surface area (Å²) in [4.78, 5) is 12.7. The molecule has 0 amide bonds. The van der Waals surface area contributed by atoms with Gasteiger partial charge in [0.05, 0.1) is 6.61 Å². The number of thiophene rings is 1. The van der Waals surface area contributed by atoms with Gasteiger partial charge in [0.2, 0.25) is 0 Å². The van der Waals surface area contributed by atoms with Gasteiger partial charge in [-0.05, 0) is 24.4 Å². The molecule has 1 aliphatic rings. The normalized spacial score (nSPS) is 23.5. The zero-order valence-corrected chi connectivity index (χ0v) is 10.9. The number of rotatable bonds is 4. The lowest BCUT2D eigenvalue weighted by atomic mass is 9.86. The minimum absolute atomic E-state index is 0.0167. The summed E-state index contributed by atoms with van der Waals surface area (Å²) in [7, 11) is 0. The highest BCUT2D eigenvalue weighted by molar-refractivity contribution is 7.09. The van der Waals surface area contributed by atoms with E-state index in [1.807, 2.05) is 17.5 Å². The second-order valence-electron chi connectivity index (χ2n) is 4.47. The molecule has 2 rings (SSSR count). The largest absolute Gasteiger partial charge is 0.465 e. The number of carbonyl (C=O) groups excluding carboxylic acids is 1. The van der Waals surface area contributed by atoms with Gasteiger partial charge in [-0.2, -0.15) is 13.2 Å². The summed E-state index contributed by atoms with van der Waals surface area (Å²) in [5, 5.41) is 4.46. The van der Waals surface area contributed by atoms with Gasteiger partial charge in [-0.25, -0.2) is 0 Å². The predicted octanol–water partition coefficient (Wildman–Crippen LogP) is 2.38. The molecule has 0 aromatic carbocycles. The van der Waals surface area contributed by atoms with Crippen molar-refractivity contribution in [2.75, 3.05) is 19.7 Å². The predicted molar refractivity (Wildman–Crippen MR) is 65.0 cm³/mol. The molecule has 0 radical (unpaired) electrons. The Bertz CT molecular complexity index is 425. The standard InChI is InChI=1S/C12H14F3NO2S/c13-12(14,15)11(4-5-16-8-11)10(17)18-6-3-9-2-1-7-19-9/h1-2,7,16H,3-6,8H2. The molecule has 19 heavy (non-hydrogen) atoms. The molecule has 1 atom stereocenters. The summed E-state index contributed by atoms with van der Waals surface area (Å²) in [6.07, 6.45) is -4.38. The van der Waals surface area contributed by atoms with Gasteiger partial charge in [0.15, 0.2) is 5.41 Å². The maximum Gasteiger partial charge on any atom is 0.406 e. The molecule has 7 heteroatoms. The number of halogens is 3. The van der Waals surface area contributed by atoms with Crippen LogP contribution in [0, 0.1) is 5.41 Å². The summed E-state index contributed by atoms with van der Waals surface area (Å²) >= 11 is 1.49. The van der Waals surface area contributed by atoms with Crippen LogP contribution in [0.1, 0.15) is 11.3 Å². The van der Waals surface area contributed by atoms with Crippen LogP contribution < -0.4 is 5.32 Å². The van der Waals surface area contributed by atoms with E-state index in [1.54, 1.807) is 0 Å². The Balaban J connectivity index is 1.93. The van der Waals surface area contributed by atoms with Gasteiger partial charge in [-0.1, -0.05) is 6.07 Å². The Morgan fingerprint density at radius 2 is 2.32 bits per heavy atom. The van der Waals surface area contributed by atoms with Crippen LogP contribution in [0.5, 0.6) is 0 Å². The first-order valence-corrected chi connectivity index (χ1v) is 6.81. The average Bonchev–Trinajstić information content (AvgIpc) is 2.99. The Labute approximate surface area is 112 Å². The number of ether oxygens (including phenoxy) is 1. The topological polar surface area (TPSA) is 38.3 Å². The lowest BCUT2D eigenvalue weighted by Gasteiger charge is -2.28. The second kappa shape index (κ2) is 5.50. The summed E-state index contributed by atoms with van der Waals surface area (Å²) in [6.45, 7) is -0.231. The smallest absolute Gasteiger partial charge is 0.406 e. The fourth-order valence-electron chi connectivity index (χ4n) is 2.06. The SMILES string of the molecule is O=C(OCCc1cccs1)C1(C(F)(F)F)CCNC1. The summed E-state index contributed by atoms with van der Waals surface area (Å²) in [6, 6.07) is 3.70. The Morgan fingerprint density at radius 1 is 1.53 bits per heavy atom. The number of alkyl halides is 3. The van der Waals surface area contributed by atoms with Gasteiger partial charge in [0.25, 0.3) is 0 Å². The Hall–Kier alpha value is -1.08. The highest BCUT2D eigenvalue weighted by Gasteiger charge is 2.62. The molecule has 1 fully saturated rings. The van der Waals surface area contributed by atoms with Crippen LogP contribution in [0.3, 0.4) is 0 Å². The molecule has 0 aliphatic carbocycles. The van der Waals surface area contributed by atoms with Gasteiger partial charge in [0, 0.05) is 17.8 Å². The fraction of sp³-hybridized carbons (Fsp3) is 0.583. The van der Waals surface area contributed by atoms with Crippen LogP contribution in [0.25, 0.3) is 0 Å². The van der Waals surface area contributed by atoms with Crippen LogP contribution in [0.2, 0.25) is 0 Å². The van der Waals surface area contributed by atoms with Crippen molar-refractivity contribution in [1.82, 2.24) is 5.32 Å². The van der Waals surface area contributed by atoms with Crippen LogP contribution >= 0.6 is 11.3 Å². The fourth-order valence-corrected chi connectivity index (χ4v) is 2.75. The monoisotopic (exact) mass is 293 g/mol. The molecular weight excluding hydrogens is 279 g/mol. The van der Waals surface area contributed by atoms with Crippen molar-refractivity contribution >= 4 is 17.3 Å². The first-order valence-electron chi connectivity index (χ1n) is 5.93. The Morgan fingerprint density at radius 3 is 2.84 bits per heavy atom. The van der Waals surface area contributed by atoms with E-state index in [-0.39, 0.29) is 19.6 Å². The first kappa shape index (κ1) is 14.3. The molecule has 1 N–H and O–H groups in total. The van der Waals surface area contributed by atoms with E-state index in [4.69, 9.17) is 4.74 Å². The Kier molecular flexibility index (Phi) is 4.15. The van der Waals surface area contributed by atoms with E-state index in [9.17, 15) is 18.0 Å². The van der Waals surface area contributed by atoms with Crippen molar-refractivity contribution in [1.29, 1.82) is 0 Å². The summed E-state index contributed by atoms with van der Waals surface area (Å²) in [5.74, 6) is -1.17. The second-order valence-corrected chi connectivity index (χ2v) is 5.50. The molecule has 2 heterocycles. The molecule has 0 bridgehead atoms. The van der Waals surface area contributed by atoms with Crippen LogP contribution in [-0.4, -0.2) is 31.8 Å². The van der Waals surface area contributed by atoms with Crippen molar-refractivity contribution in [2.45, 2.75) is 19.0 Å². The van der Waals surface area contributed by atoms with E-state index >= 15 is 0 Å². The first-order chi connectivity index (χ1) is 8.96. The zero-order chi connectivity index (χ0) is 13.9. The summed E-state index contributed by atoms with van der Waals surface area (Å²) < 4.78 is 43.9. The zero-order valence-electron chi connectivity index (χ0n) is 10.1. The lowest BCUT2D eigenvalue weighted by Crippen LogP contribution is -2.47. The summed E-state index contributed by atoms with van der Waals surface area (Å²) in [5.41, 5.74) is -2.37. The van der Waals surface area contributed by atoms with Gasteiger partial charge in [0.1, 0.15) is 0 Å². The van der Waals surface area contributed by atoms with Crippen molar-refractivity contribution in [2.24, 2.45) is 5.41 Å². The number of carbonyl (C=O) groups is 1. The van der Waals surface area contributed by atoms with Crippen molar-refractivity contribution in [3.63, 3.8) is 0 Å². The number of hydrogen-bond donors (Lipinski definition) is 1. The molecule has 1 saturated heterocycles. The highest BCUT2D eigenvalue weighted by Crippen LogP contribution is 2.43. The molecule has 0 saturated carbocycles. The van der Waals surface area contributed by atoms with Crippen molar-refractivity contribution < 1.29 is 22.7 Å². The third kappa shape index (κ3) is 2.92. The molecule has 0 spiro atoms. The number of nitrogens with one attached hydrogen (secondary N) is 1. The van der Waals surface area contributed by atoms with E-state index in [1.165, 1.54) is 11.3 Å². The van der Waals surface area contributed by atoms with E-state index in [0.29, 0.717) is 6.42 Å². The van der Waals surface area contributed by atoms with Crippen molar-refractivity contribution in [3.8, 4) is 0 Å². The van der Waals surface area contributed by atoms with Gasteiger partial charge >= 0.3 is 12.1 Å². The van der Waals surface area contributed by atoms with Crippen LogP contribution in [0.4, 0.5) is 13.2 Å². The number of hydrogen-bond acceptors (Lipinski definition) is 4. The third-order valence-corrected chi connectivity index (χ3v) is 4.19. The van der Waals surface area contributed by atoms with E-state index in [0.717, 1.165) is 4.88 Å². The minimum atomic E-state index is -4.57. The van der Waals surface area contributed by atoms with Gasteiger partial charge in [-0.15, -0.1) is 11.3 Å².